The third-order valence-corrected chi connectivity index (χ3v) is 5.54. The van der Waals surface area contributed by atoms with E-state index in [1.54, 1.807) is 0 Å². The van der Waals surface area contributed by atoms with Gasteiger partial charge in [-0.25, -0.2) is 18.0 Å². The van der Waals surface area contributed by atoms with Crippen molar-refractivity contribution in [3.05, 3.63) is 35.1 Å². The summed E-state index contributed by atoms with van der Waals surface area (Å²) in [5.41, 5.74) is -0.0829. The third kappa shape index (κ3) is 5.18. The highest BCUT2D eigenvalue weighted by Gasteiger charge is 2.35. The number of nitrogens with one attached hydrogen (secondary N) is 1. The molecule has 1 fully saturated rings. The van der Waals surface area contributed by atoms with Gasteiger partial charge in [-0.3, -0.25) is 9.59 Å². The Hall–Kier alpha value is -2.23. The second kappa shape index (κ2) is 9.81. The maximum absolute atomic E-state index is 14.1. The van der Waals surface area contributed by atoms with Crippen LogP contribution in [-0.2, 0) is 19.1 Å². The van der Waals surface area contributed by atoms with Crippen LogP contribution in [0, 0.1) is 17.5 Å². The number of rotatable bonds is 8. The summed E-state index contributed by atoms with van der Waals surface area (Å²) in [7, 11) is 1.22. The topological polar surface area (TPSA) is 75.7 Å². The van der Waals surface area contributed by atoms with Crippen molar-refractivity contribution in [1.82, 2.24) is 10.2 Å². The Kier molecular flexibility index (Phi) is 7.73. The van der Waals surface area contributed by atoms with Gasteiger partial charge in [0.2, 0.25) is 11.8 Å². The molecule has 1 aliphatic rings. The first-order valence-electron chi connectivity index (χ1n) is 8.65. The number of carbonyl (C=O) groups excluding carboxylic acids is 3. The summed E-state index contributed by atoms with van der Waals surface area (Å²) in [4.78, 5) is 36.4. The molecule has 6 nitrogen and oxygen atoms in total. The Morgan fingerprint density at radius 2 is 2.00 bits per heavy atom. The molecule has 154 valence electrons. The van der Waals surface area contributed by atoms with Crippen LogP contribution >= 0.6 is 11.8 Å². The van der Waals surface area contributed by atoms with E-state index in [1.807, 2.05) is 0 Å². The predicted molar refractivity (Wildman–Crippen MR) is 96.7 cm³/mol. The highest BCUT2D eigenvalue weighted by molar-refractivity contribution is 8.00. The number of hydrogen-bond acceptors (Lipinski definition) is 5. The fraction of sp³-hybridized carbons (Fsp3) is 0.500. The zero-order chi connectivity index (χ0) is 20.8. The zero-order valence-corrected chi connectivity index (χ0v) is 16.3. The van der Waals surface area contributed by atoms with Gasteiger partial charge in [0, 0.05) is 19.0 Å². The fourth-order valence-electron chi connectivity index (χ4n) is 2.95. The van der Waals surface area contributed by atoms with Crippen molar-refractivity contribution in [2.75, 3.05) is 19.4 Å². The lowest BCUT2D eigenvalue weighted by Gasteiger charge is -2.25. The van der Waals surface area contributed by atoms with Crippen molar-refractivity contribution in [3.8, 4) is 0 Å². The fourth-order valence-corrected chi connectivity index (χ4v) is 4.18. The number of unbranched alkanes of at least 4 members (excludes halogenated alkanes) is 1. The average molecular weight is 418 g/mol. The molecule has 1 N–H and O–H groups in total. The number of nitrogens with zero attached hydrogens (tertiary/aromatic N) is 1. The number of halogens is 3. The Morgan fingerprint density at radius 3 is 2.64 bits per heavy atom. The summed E-state index contributed by atoms with van der Waals surface area (Å²) in [5, 5.41) is 1.76. The van der Waals surface area contributed by atoms with Gasteiger partial charge in [-0.15, -0.1) is 11.8 Å². The van der Waals surface area contributed by atoms with Gasteiger partial charge < -0.3 is 15.0 Å². The molecule has 2 rings (SSSR count). The Bertz CT molecular complexity index is 763. The monoisotopic (exact) mass is 418 g/mol. The van der Waals surface area contributed by atoms with E-state index in [4.69, 9.17) is 0 Å². The number of carbonyl (C=O) groups is 3. The smallest absolute Gasteiger partial charge is 0.328 e. The lowest BCUT2D eigenvalue weighted by molar-refractivity contribution is -0.145. The summed E-state index contributed by atoms with van der Waals surface area (Å²) in [6, 6.07) is 1.19. The van der Waals surface area contributed by atoms with E-state index in [9.17, 15) is 27.6 Å². The van der Waals surface area contributed by atoms with Crippen LogP contribution < -0.4 is 5.32 Å². The maximum Gasteiger partial charge on any atom is 0.328 e. The lowest BCUT2D eigenvalue weighted by Crippen LogP contribution is -2.40. The molecular formula is C18H21F3N2O4S. The molecular weight excluding hydrogens is 397 g/mol. The number of amides is 2. The summed E-state index contributed by atoms with van der Waals surface area (Å²) >= 11 is 1.14. The lowest BCUT2D eigenvalue weighted by atomic mass is 10.1. The molecule has 2 atom stereocenters. The quantitative estimate of drug-likeness (QED) is 0.399. The van der Waals surface area contributed by atoms with Gasteiger partial charge >= 0.3 is 5.97 Å². The van der Waals surface area contributed by atoms with Crippen LogP contribution in [0.5, 0.6) is 0 Å². The van der Waals surface area contributed by atoms with Crippen molar-refractivity contribution in [2.45, 2.75) is 37.6 Å². The van der Waals surface area contributed by atoms with E-state index in [-0.39, 0.29) is 29.7 Å². The van der Waals surface area contributed by atoms with E-state index in [2.05, 4.69) is 10.1 Å². The molecule has 0 saturated carbocycles. The van der Waals surface area contributed by atoms with Gasteiger partial charge in [-0.2, -0.15) is 0 Å². The summed E-state index contributed by atoms with van der Waals surface area (Å²) in [5.74, 6) is -5.19. The van der Waals surface area contributed by atoms with E-state index < -0.39 is 34.8 Å². The highest BCUT2D eigenvalue weighted by Crippen LogP contribution is 2.40. The van der Waals surface area contributed by atoms with Gasteiger partial charge in [0.15, 0.2) is 17.5 Å². The molecule has 0 bridgehead atoms. The number of thioether (sulfide) groups is 1. The van der Waals surface area contributed by atoms with Crippen LogP contribution in [-0.4, -0.2) is 48.1 Å². The Balaban J connectivity index is 1.98. The van der Waals surface area contributed by atoms with Crippen molar-refractivity contribution in [3.63, 3.8) is 0 Å². The van der Waals surface area contributed by atoms with Crippen molar-refractivity contribution >= 4 is 29.5 Å². The molecule has 0 radical (unpaired) electrons. The molecule has 1 saturated heterocycles. The van der Waals surface area contributed by atoms with Gasteiger partial charge in [0.1, 0.15) is 11.4 Å². The van der Waals surface area contributed by atoms with Gasteiger partial charge in [-0.1, -0.05) is 6.07 Å². The molecule has 10 heteroatoms. The Labute approximate surface area is 164 Å². The minimum atomic E-state index is -1.56. The second-order valence-corrected chi connectivity index (χ2v) is 7.36. The molecule has 0 aliphatic carbocycles. The van der Waals surface area contributed by atoms with E-state index in [0.717, 1.165) is 23.9 Å². The predicted octanol–water partition coefficient (Wildman–Crippen LogP) is 2.53. The minimum Gasteiger partial charge on any atom is -0.467 e. The van der Waals surface area contributed by atoms with Crippen LogP contribution in [0.2, 0.25) is 0 Å². The maximum atomic E-state index is 14.1. The number of ether oxygens (including phenoxy) is 1. The molecule has 2 amide bonds. The van der Waals surface area contributed by atoms with Gasteiger partial charge in [0.05, 0.1) is 12.9 Å². The molecule has 2 unspecified atom stereocenters. The molecule has 28 heavy (non-hydrogen) atoms. The summed E-state index contributed by atoms with van der Waals surface area (Å²) in [6.45, 7) is 1.54. The van der Waals surface area contributed by atoms with Crippen LogP contribution in [0.15, 0.2) is 12.1 Å². The van der Waals surface area contributed by atoms with Crippen molar-refractivity contribution < 1.29 is 32.3 Å². The minimum absolute atomic E-state index is 0.0829. The van der Waals surface area contributed by atoms with E-state index in [0.29, 0.717) is 19.3 Å². The second-order valence-electron chi connectivity index (χ2n) is 6.29. The molecule has 1 aromatic carbocycles. The normalized spacial score (nSPS) is 17.5. The van der Waals surface area contributed by atoms with E-state index in [1.165, 1.54) is 18.9 Å². The molecule has 1 aliphatic heterocycles. The number of methoxy groups -OCH3 is 1. The largest absolute Gasteiger partial charge is 0.467 e. The average Bonchev–Trinajstić information content (AvgIpc) is 3.02. The van der Waals surface area contributed by atoms with Gasteiger partial charge in [0.25, 0.3) is 0 Å². The first-order valence-corrected chi connectivity index (χ1v) is 9.70. The SMILES string of the molecule is COC(=O)C(CCCCN1C(=O)CSC1c1ccc(F)c(F)c1F)NC(C)=O. The zero-order valence-electron chi connectivity index (χ0n) is 15.5. The van der Waals surface area contributed by atoms with Crippen LogP contribution in [0.3, 0.4) is 0 Å². The third-order valence-electron chi connectivity index (χ3n) is 4.30. The number of benzene rings is 1. The van der Waals surface area contributed by atoms with Crippen LogP contribution in [0.25, 0.3) is 0 Å². The standard InChI is InChI=1S/C18H21F3N2O4S/c1-10(24)22-13(18(26)27-2)5-3-4-8-23-14(25)9-28-17(23)11-6-7-12(19)16(21)15(11)20/h6-7,13,17H,3-5,8-9H2,1-2H3,(H,22,24). The molecule has 0 aromatic heterocycles. The number of hydrogen-bond donors (Lipinski definition) is 1. The van der Waals surface area contributed by atoms with Crippen LogP contribution in [0.4, 0.5) is 13.2 Å². The van der Waals surface area contributed by atoms with Crippen molar-refractivity contribution in [1.29, 1.82) is 0 Å². The summed E-state index contributed by atoms with van der Waals surface area (Å²) < 4.78 is 45.4. The number of esters is 1. The first kappa shape index (κ1) is 22.1. The molecule has 1 aromatic rings. The van der Waals surface area contributed by atoms with Crippen LogP contribution in [0.1, 0.15) is 37.1 Å². The first-order chi connectivity index (χ1) is 13.3. The highest BCUT2D eigenvalue weighted by atomic mass is 32.2. The van der Waals surface area contributed by atoms with Gasteiger partial charge in [-0.05, 0) is 25.3 Å². The molecule has 0 spiro atoms. The summed E-state index contributed by atoms with van der Waals surface area (Å²) in [6.07, 6.45) is 1.27. The van der Waals surface area contributed by atoms with Crippen molar-refractivity contribution in [2.24, 2.45) is 0 Å². The molecule has 1 heterocycles. The Morgan fingerprint density at radius 1 is 1.29 bits per heavy atom. The van der Waals surface area contributed by atoms with E-state index >= 15 is 0 Å².